The molecule has 2 unspecified atom stereocenters. The molecule has 4 rings (SSSR count). The van der Waals surface area contributed by atoms with Crippen LogP contribution in [0.15, 0.2) is 30.0 Å². The first kappa shape index (κ1) is 13.0. The van der Waals surface area contributed by atoms with E-state index in [9.17, 15) is 0 Å². The van der Waals surface area contributed by atoms with Gasteiger partial charge in [0.2, 0.25) is 0 Å². The summed E-state index contributed by atoms with van der Waals surface area (Å²) in [6.45, 7) is 2.47. The maximum Gasteiger partial charge on any atom is 0.316 e. The van der Waals surface area contributed by atoms with Crippen LogP contribution in [0.25, 0.3) is 0 Å². The van der Waals surface area contributed by atoms with Crippen molar-refractivity contribution in [2.75, 3.05) is 24.6 Å². The molecule has 0 bridgehead atoms. The molecule has 2 aromatic heterocycles. The maximum absolute atomic E-state index is 6.07. The van der Waals surface area contributed by atoms with Crippen LogP contribution < -0.4 is 9.64 Å². The highest BCUT2D eigenvalue weighted by molar-refractivity contribution is 7.13. The summed E-state index contributed by atoms with van der Waals surface area (Å²) in [4.78, 5) is 14.9. The first-order chi connectivity index (χ1) is 10.3. The highest BCUT2D eigenvalue weighted by Gasteiger charge is 2.47. The summed E-state index contributed by atoms with van der Waals surface area (Å²) in [7, 11) is 0. The van der Waals surface area contributed by atoms with Crippen molar-refractivity contribution in [2.24, 2.45) is 0 Å². The molecule has 110 valence electrons. The molecule has 4 heterocycles. The molecule has 2 fully saturated rings. The van der Waals surface area contributed by atoms with Gasteiger partial charge in [0.1, 0.15) is 6.10 Å². The summed E-state index contributed by atoms with van der Waals surface area (Å²) in [5, 5.41) is 3.08. The van der Waals surface area contributed by atoms with Crippen molar-refractivity contribution in [3.05, 3.63) is 30.0 Å². The molecule has 2 aliphatic rings. The van der Waals surface area contributed by atoms with Crippen LogP contribution in [0.2, 0.25) is 0 Å². The number of hydrogen-bond donors (Lipinski definition) is 0. The van der Waals surface area contributed by atoms with E-state index in [4.69, 9.17) is 9.47 Å². The minimum atomic E-state index is -0.106. The Morgan fingerprint density at radius 3 is 3.00 bits per heavy atom. The van der Waals surface area contributed by atoms with Crippen molar-refractivity contribution in [3.8, 4) is 6.01 Å². The van der Waals surface area contributed by atoms with Gasteiger partial charge in [0, 0.05) is 43.5 Å². The van der Waals surface area contributed by atoms with Crippen molar-refractivity contribution in [2.45, 2.75) is 24.5 Å². The van der Waals surface area contributed by atoms with Crippen LogP contribution in [0.3, 0.4) is 0 Å². The van der Waals surface area contributed by atoms with E-state index >= 15 is 0 Å². The summed E-state index contributed by atoms with van der Waals surface area (Å²) in [6, 6.07) is 2.21. The Labute approximate surface area is 126 Å². The second kappa shape index (κ2) is 5.23. The molecule has 0 saturated carbocycles. The van der Waals surface area contributed by atoms with Crippen LogP contribution in [0.5, 0.6) is 6.01 Å². The van der Waals surface area contributed by atoms with Gasteiger partial charge in [0.15, 0.2) is 5.13 Å². The minimum Gasteiger partial charge on any atom is -0.458 e. The Morgan fingerprint density at radius 2 is 2.19 bits per heavy atom. The molecular formula is C14H16N4O2S. The third kappa shape index (κ3) is 2.58. The predicted molar refractivity (Wildman–Crippen MR) is 78.7 cm³/mol. The first-order valence-corrected chi connectivity index (χ1v) is 7.93. The van der Waals surface area contributed by atoms with Gasteiger partial charge in [-0.05, 0) is 12.5 Å². The molecule has 2 aliphatic heterocycles. The smallest absolute Gasteiger partial charge is 0.316 e. The molecule has 2 atom stereocenters. The molecule has 0 amide bonds. The van der Waals surface area contributed by atoms with E-state index in [1.807, 2.05) is 11.6 Å². The predicted octanol–water partition coefficient (Wildman–Crippen LogP) is 1.75. The number of anilines is 1. The van der Waals surface area contributed by atoms with Gasteiger partial charge in [0.05, 0.1) is 12.2 Å². The second-order valence-corrected chi connectivity index (χ2v) is 6.33. The molecule has 1 spiro atoms. The Kier molecular flexibility index (Phi) is 3.23. The number of aromatic nitrogens is 3. The third-order valence-corrected chi connectivity index (χ3v) is 4.83. The summed E-state index contributed by atoms with van der Waals surface area (Å²) >= 11 is 1.67. The fraction of sp³-hybridized carbons (Fsp3) is 0.500. The third-order valence-electron chi connectivity index (χ3n) is 4.00. The standard InChI is InChI=1S/C14H16N4O2S/c1-3-15-12(16-4-1)20-11-8-14(19-9-11)2-6-18(10-14)13-17-5-7-21-13/h1,3-5,7,11H,2,6,8-10H2. The van der Waals surface area contributed by atoms with Crippen molar-refractivity contribution in [3.63, 3.8) is 0 Å². The second-order valence-electron chi connectivity index (χ2n) is 5.46. The zero-order chi connectivity index (χ0) is 14.1. The van der Waals surface area contributed by atoms with Gasteiger partial charge in [-0.1, -0.05) is 0 Å². The van der Waals surface area contributed by atoms with Gasteiger partial charge in [-0.25, -0.2) is 15.0 Å². The van der Waals surface area contributed by atoms with Crippen molar-refractivity contribution in [1.82, 2.24) is 15.0 Å². The molecule has 2 saturated heterocycles. The number of thiazole rings is 1. The van der Waals surface area contributed by atoms with Crippen LogP contribution in [-0.4, -0.2) is 46.4 Å². The molecule has 0 radical (unpaired) electrons. The highest BCUT2D eigenvalue weighted by atomic mass is 32.1. The Hall–Kier alpha value is -1.73. The van der Waals surface area contributed by atoms with E-state index in [1.54, 1.807) is 29.8 Å². The van der Waals surface area contributed by atoms with Crippen molar-refractivity contribution < 1.29 is 9.47 Å². The van der Waals surface area contributed by atoms with Crippen molar-refractivity contribution >= 4 is 16.5 Å². The number of rotatable bonds is 3. The summed E-state index contributed by atoms with van der Waals surface area (Å²) in [5.74, 6) is 0. The summed E-state index contributed by atoms with van der Waals surface area (Å²) in [5.41, 5.74) is -0.106. The molecule has 21 heavy (non-hydrogen) atoms. The topological polar surface area (TPSA) is 60.4 Å². The molecular weight excluding hydrogens is 288 g/mol. The molecule has 0 aromatic carbocycles. The van der Waals surface area contributed by atoms with Gasteiger partial charge in [-0.3, -0.25) is 0 Å². The number of nitrogens with zero attached hydrogens (tertiary/aromatic N) is 4. The number of hydrogen-bond acceptors (Lipinski definition) is 7. The summed E-state index contributed by atoms with van der Waals surface area (Å²) in [6.07, 6.45) is 7.15. The van der Waals surface area contributed by atoms with Crippen LogP contribution in [0, 0.1) is 0 Å². The number of ether oxygens (including phenoxy) is 2. The minimum absolute atomic E-state index is 0.0312. The largest absolute Gasteiger partial charge is 0.458 e. The lowest BCUT2D eigenvalue weighted by Gasteiger charge is -2.22. The fourth-order valence-corrected chi connectivity index (χ4v) is 3.71. The average Bonchev–Trinajstić information content (AvgIpc) is 3.23. The monoisotopic (exact) mass is 304 g/mol. The van der Waals surface area contributed by atoms with E-state index in [1.165, 1.54) is 0 Å². The summed E-state index contributed by atoms with van der Waals surface area (Å²) < 4.78 is 11.9. The maximum atomic E-state index is 6.07. The lowest BCUT2D eigenvalue weighted by molar-refractivity contribution is 0.0192. The zero-order valence-corrected chi connectivity index (χ0v) is 12.3. The van der Waals surface area contributed by atoms with Gasteiger partial charge < -0.3 is 14.4 Å². The Morgan fingerprint density at radius 1 is 1.29 bits per heavy atom. The van der Waals surface area contributed by atoms with E-state index in [0.29, 0.717) is 12.6 Å². The average molecular weight is 304 g/mol. The quantitative estimate of drug-likeness (QED) is 0.861. The van der Waals surface area contributed by atoms with Crippen LogP contribution in [0.4, 0.5) is 5.13 Å². The molecule has 6 nitrogen and oxygen atoms in total. The van der Waals surface area contributed by atoms with E-state index in [0.717, 1.165) is 31.1 Å². The fourth-order valence-electron chi connectivity index (χ4n) is 3.04. The van der Waals surface area contributed by atoms with Gasteiger partial charge in [-0.15, -0.1) is 11.3 Å². The highest BCUT2D eigenvalue weighted by Crippen LogP contribution is 2.38. The van der Waals surface area contributed by atoms with Gasteiger partial charge in [0.25, 0.3) is 0 Å². The SMILES string of the molecule is c1cnc(OC2COC3(CCN(c4nccs4)C3)C2)nc1. The Balaban J connectivity index is 1.40. The molecule has 2 aromatic rings. The first-order valence-electron chi connectivity index (χ1n) is 7.05. The van der Waals surface area contributed by atoms with E-state index in [2.05, 4.69) is 19.9 Å². The lowest BCUT2D eigenvalue weighted by Crippen LogP contribution is -2.33. The van der Waals surface area contributed by atoms with E-state index in [-0.39, 0.29) is 11.7 Å². The van der Waals surface area contributed by atoms with Crippen LogP contribution >= 0.6 is 11.3 Å². The van der Waals surface area contributed by atoms with Crippen LogP contribution in [0.1, 0.15) is 12.8 Å². The van der Waals surface area contributed by atoms with Gasteiger partial charge in [-0.2, -0.15) is 0 Å². The molecule has 0 N–H and O–H groups in total. The van der Waals surface area contributed by atoms with E-state index < -0.39 is 0 Å². The molecule has 0 aliphatic carbocycles. The zero-order valence-electron chi connectivity index (χ0n) is 11.5. The van der Waals surface area contributed by atoms with Gasteiger partial charge >= 0.3 is 6.01 Å². The lowest BCUT2D eigenvalue weighted by atomic mass is 9.98. The normalized spacial score (nSPS) is 28.4. The van der Waals surface area contributed by atoms with Crippen molar-refractivity contribution in [1.29, 1.82) is 0 Å². The Bertz CT molecular complexity index is 594. The molecule has 7 heteroatoms. The van der Waals surface area contributed by atoms with Crippen LogP contribution in [-0.2, 0) is 4.74 Å².